The van der Waals surface area contributed by atoms with E-state index >= 15 is 0 Å². The van der Waals surface area contributed by atoms with Crippen LogP contribution in [-0.4, -0.2) is 29.5 Å². The molecule has 0 amide bonds. The summed E-state index contributed by atoms with van der Waals surface area (Å²) >= 11 is 0.312. The van der Waals surface area contributed by atoms with Crippen LogP contribution < -0.4 is 5.73 Å². The number of thiazole rings is 1. The van der Waals surface area contributed by atoms with Crippen LogP contribution >= 0.6 is 11.3 Å². The molecule has 1 aliphatic rings. The van der Waals surface area contributed by atoms with E-state index in [2.05, 4.69) is 4.98 Å². The molecule has 1 aromatic rings. The zero-order valence-electron chi connectivity index (χ0n) is 8.58. The van der Waals surface area contributed by atoms with Crippen LogP contribution in [-0.2, 0) is 10.9 Å². The standard InChI is InChI=1S/C9H9F3N2O2S/c10-9(11,12)7-14-3-5(17-7)6(15)8(13)1-2-16-4-8/h3H,1-2,4,13H2. The van der Waals surface area contributed by atoms with Gasteiger partial charge in [-0.1, -0.05) is 0 Å². The molecule has 1 aromatic heterocycles. The Kier molecular flexibility index (Phi) is 2.96. The van der Waals surface area contributed by atoms with Gasteiger partial charge in [0.05, 0.1) is 11.5 Å². The lowest BCUT2D eigenvalue weighted by Crippen LogP contribution is -2.48. The highest BCUT2D eigenvalue weighted by atomic mass is 32.1. The molecule has 1 atom stereocenters. The first-order valence-corrected chi connectivity index (χ1v) is 5.59. The van der Waals surface area contributed by atoms with Crippen LogP contribution in [0.1, 0.15) is 21.1 Å². The first-order chi connectivity index (χ1) is 7.83. The number of ether oxygens (including phenoxy) is 1. The Morgan fingerprint density at radius 2 is 2.29 bits per heavy atom. The highest BCUT2D eigenvalue weighted by Gasteiger charge is 2.41. The molecular formula is C9H9F3N2O2S. The highest BCUT2D eigenvalue weighted by Crippen LogP contribution is 2.34. The van der Waals surface area contributed by atoms with Gasteiger partial charge in [-0.25, -0.2) is 4.98 Å². The molecule has 1 aliphatic heterocycles. The molecule has 0 aromatic carbocycles. The van der Waals surface area contributed by atoms with E-state index in [4.69, 9.17) is 10.5 Å². The van der Waals surface area contributed by atoms with Crippen molar-refractivity contribution in [1.29, 1.82) is 0 Å². The Morgan fingerprint density at radius 1 is 1.59 bits per heavy atom. The van der Waals surface area contributed by atoms with Crippen molar-refractivity contribution < 1.29 is 22.7 Å². The molecule has 0 spiro atoms. The fourth-order valence-electron chi connectivity index (χ4n) is 1.52. The predicted molar refractivity (Wildman–Crippen MR) is 53.8 cm³/mol. The van der Waals surface area contributed by atoms with Gasteiger partial charge in [0, 0.05) is 12.8 Å². The van der Waals surface area contributed by atoms with Crippen molar-refractivity contribution in [3.8, 4) is 0 Å². The Morgan fingerprint density at radius 3 is 2.76 bits per heavy atom. The maximum absolute atomic E-state index is 12.3. The van der Waals surface area contributed by atoms with Crippen molar-refractivity contribution in [2.24, 2.45) is 5.73 Å². The van der Waals surface area contributed by atoms with E-state index in [-0.39, 0.29) is 11.5 Å². The third-order valence-electron chi connectivity index (χ3n) is 2.48. The number of rotatable bonds is 2. The molecule has 0 aliphatic carbocycles. The molecule has 1 saturated heterocycles. The van der Waals surface area contributed by atoms with Gasteiger partial charge in [-0.2, -0.15) is 13.2 Å². The van der Waals surface area contributed by atoms with Crippen LogP contribution in [0.2, 0.25) is 0 Å². The van der Waals surface area contributed by atoms with Crippen molar-refractivity contribution in [1.82, 2.24) is 4.98 Å². The molecule has 1 unspecified atom stereocenters. The smallest absolute Gasteiger partial charge is 0.379 e. The monoisotopic (exact) mass is 266 g/mol. The molecule has 0 bridgehead atoms. The van der Waals surface area contributed by atoms with Gasteiger partial charge in [0.1, 0.15) is 5.54 Å². The fraction of sp³-hybridized carbons (Fsp3) is 0.556. The number of ketones is 1. The van der Waals surface area contributed by atoms with Gasteiger partial charge >= 0.3 is 6.18 Å². The normalized spacial score (nSPS) is 25.2. The minimum absolute atomic E-state index is 0.0328. The van der Waals surface area contributed by atoms with E-state index in [0.29, 0.717) is 24.4 Å². The lowest BCUT2D eigenvalue weighted by atomic mass is 9.94. The number of Topliss-reactive ketones (excluding diaryl/α,β-unsaturated/α-hetero) is 1. The lowest BCUT2D eigenvalue weighted by Gasteiger charge is -2.18. The lowest BCUT2D eigenvalue weighted by molar-refractivity contribution is -0.137. The molecule has 94 valence electrons. The SMILES string of the molecule is NC1(C(=O)c2cnc(C(F)(F)F)s2)CCOC1. The first-order valence-electron chi connectivity index (χ1n) is 4.77. The average Bonchev–Trinajstić information content (AvgIpc) is 2.84. The molecule has 0 saturated carbocycles. The predicted octanol–water partition coefficient (Wildman–Crippen LogP) is 1.46. The van der Waals surface area contributed by atoms with Gasteiger partial charge in [0.25, 0.3) is 0 Å². The molecule has 1 fully saturated rings. The zero-order valence-corrected chi connectivity index (χ0v) is 9.40. The summed E-state index contributed by atoms with van der Waals surface area (Å²) in [6, 6.07) is 0. The van der Waals surface area contributed by atoms with Crippen LogP contribution in [0.25, 0.3) is 0 Å². The zero-order chi connectivity index (χ0) is 12.7. The van der Waals surface area contributed by atoms with Crippen molar-refractivity contribution in [3.05, 3.63) is 16.1 Å². The van der Waals surface area contributed by atoms with Gasteiger partial charge < -0.3 is 10.5 Å². The maximum atomic E-state index is 12.3. The Labute approximate surface area is 98.6 Å². The summed E-state index contributed by atoms with van der Waals surface area (Å²) in [5.41, 5.74) is 4.56. The summed E-state index contributed by atoms with van der Waals surface area (Å²) < 4.78 is 41.9. The van der Waals surface area contributed by atoms with Crippen LogP contribution in [0.5, 0.6) is 0 Å². The molecule has 4 nitrogen and oxygen atoms in total. The van der Waals surface area contributed by atoms with Gasteiger partial charge in [0.2, 0.25) is 0 Å². The van der Waals surface area contributed by atoms with Crippen LogP contribution in [0.15, 0.2) is 6.20 Å². The molecule has 2 N–H and O–H groups in total. The van der Waals surface area contributed by atoms with Crippen molar-refractivity contribution >= 4 is 17.1 Å². The quantitative estimate of drug-likeness (QED) is 0.823. The minimum atomic E-state index is -4.53. The Hall–Kier alpha value is -0.990. The second kappa shape index (κ2) is 4.04. The summed E-state index contributed by atoms with van der Waals surface area (Å²) in [6.07, 6.45) is -3.30. The number of alkyl halides is 3. The number of carbonyl (C=O) groups is 1. The summed E-state index contributed by atoms with van der Waals surface area (Å²) in [4.78, 5) is 15.0. The summed E-state index contributed by atoms with van der Waals surface area (Å²) in [5.74, 6) is -0.539. The van der Waals surface area contributed by atoms with Crippen LogP contribution in [0, 0.1) is 0 Å². The molecule has 2 rings (SSSR count). The number of hydrogen-bond donors (Lipinski definition) is 1. The van der Waals surface area contributed by atoms with Gasteiger partial charge in [-0.05, 0) is 6.42 Å². The first kappa shape index (κ1) is 12.5. The van der Waals surface area contributed by atoms with Crippen LogP contribution in [0.3, 0.4) is 0 Å². The maximum Gasteiger partial charge on any atom is 0.443 e. The Bertz CT molecular complexity index is 438. The number of carbonyl (C=O) groups excluding carboxylic acids is 1. The number of nitrogens with two attached hydrogens (primary N) is 1. The van der Waals surface area contributed by atoms with Gasteiger partial charge in [-0.3, -0.25) is 4.79 Å². The highest BCUT2D eigenvalue weighted by molar-refractivity contribution is 7.13. The fourth-order valence-corrected chi connectivity index (χ4v) is 2.35. The largest absolute Gasteiger partial charge is 0.443 e. The van der Waals surface area contributed by atoms with E-state index in [1.54, 1.807) is 0 Å². The Balaban J connectivity index is 2.23. The third kappa shape index (κ3) is 2.33. The van der Waals surface area contributed by atoms with Crippen molar-refractivity contribution in [2.75, 3.05) is 13.2 Å². The van der Waals surface area contributed by atoms with E-state index in [1.165, 1.54) is 0 Å². The summed E-state index contributed by atoms with van der Waals surface area (Å²) in [5, 5.41) is -1.04. The molecule has 0 radical (unpaired) electrons. The van der Waals surface area contributed by atoms with Gasteiger partial charge in [0.15, 0.2) is 10.8 Å². The van der Waals surface area contributed by atoms with E-state index < -0.39 is 22.5 Å². The number of halogens is 3. The number of aromatic nitrogens is 1. The van der Waals surface area contributed by atoms with E-state index in [1.807, 2.05) is 0 Å². The molecule has 8 heteroatoms. The second-order valence-electron chi connectivity index (χ2n) is 3.82. The number of nitrogens with zero attached hydrogens (tertiary/aromatic N) is 1. The minimum Gasteiger partial charge on any atom is -0.379 e. The van der Waals surface area contributed by atoms with E-state index in [0.717, 1.165) is 6.20 Å². The summed E-state index contributed by atoms with van der Waals surface area (Å²) in [6.45, 7) is 0.373. The third-order valence-corrected chi connectivity index (χ3v) is 3.52. The van der Waals surface area contributed by atoms with Gasteiger partial charge in [-0.15, -0.1) is 11.3 Å². The topological polar surface area (TPSA) is 65.2 Å². The van der Waals surface area contributed by atoms with Crippen molar-refractivity contribution in [2.45, 2.75) is 18.1 Å². The molecule has 2 heterocycles. The van der Waals surface area contributed by atoms with E-state index in [9.17, 15) is 18.0 Å². The number of hydrogen-bond acceptors (Lipinski definition) is 5. The van der Waals surface area contributed by atoms with Crippen molar-refractivity contribution in [3.63, 3.8) is 0 Å². The average molecular weight is 266 g/mol. The molecular weight excluding hydrogens is 257 g/mol. The molecule has 17 heavy (non-hydrogen) atoms. The summed E-state index contributed by atoms with van der Waals surface area (Å²) in [7, 11) is 0. The van der Waals surface area contributed by atoms with Crippen LogP contribution in [0.4, 0.5) is 13.2 Å². The second-order valence-corrected chi connectivity index (χ2v) is 4.85.